The number of fused-ring (bicyclic) bond motifs is 1. The van der Waals surface area contributed by atoms with Gasteiger partial charge in [0.05, 0.1) is 0 Å². The van der Waals surface area contributed by atoms with E-state index in [1.54, 1.807) is 7.11 Å². The van der Waals surface area contributed by atoms with E-state index in [9.17, 15) is 0 Å². The lowest BCUT2D eigenvalue weighted by Gasteiger charge is -2.18. The molecule has 0 saturated heterocycles. The van der Waals surface area contributed by atoms with Gasteiger partial charge in [-0.05, 0) is 49.9 Å². The summed E-state index contributed by atoms with van der Waals surface area (Å²) in [6, 6.07) is 0.785. The van der Waals surface area contributed by atoms with Crippen LogP contribution >= 0.6 is 0 Å². The van der Waals surface area contributed by atoms with Crippen molar-refractivity contribution in [2.75, 3.05) is 20.8 Å². The Kier molecular flexibility index (Phi) is 5.81. The Morgan fingerprint density at radius 3 is 2.92 bits per heavy atom. The number of methoxy groups -OCH3 is 1. The fourth-order valence-electron chi connectivity index (χ4n) is 3.63. The molecule has 2 aliphatic rings. The van der Waals surface area contributed by atoms with E-state index in [4.69, 9.17) is 4.74 Å². The smallest absolute Gasteiger partial charge is 0.0479 e. The van der Waals surface area contributed by atoms with E-state index < -0.39 is 0 Å². The quantitative estimate of drug-likeness (QED) is 0.530. The molecule has 3 heteroatoms. The van der Waals surface area contributed by atoms with Crippen LogP contribution in [-0.4, -0.2) is 36.3 Å². The molecule has 0 aromatic carbocycles. The molecule has 0 N–H and O–H groups in total. The molecule has 0 spiro atoms. The lowest BCUT2D eigenvalue weighted by atomic mass is 9.92. The van der Waals surface area contributed by atoms with Gasteiger partial charge in [-0.1, -0.05) is 24.8 Å². The van der Waals surface area contributed by atoms with Crippen LogP contribution in [0.25, 0.3) is 6.08 Å². The maximum atomic E-state index is 5.24. The Morgan fingerprint density at radius 2 is 2.21 bits per heavy atom. The summed E-state index contributed by atoms with van der Waals surface area (Å²) in [5, 5.41) is 0. The summed E-state index contributed by atoms with van der Waals surface area (Å²) < 4.78 is 7.67. The van der Waals surface area contributed by atoms with Gasteiger partial charge in [0.2, 0.25) is 0 Å². The normalized spacial score (nSPS) is 20.9. The highest BCUT2D eigenvalue weighted by atomic mass is 16.5. The molecule has 0 aliphatic heterocycles. The summed E-state index contributed by atoms with van der Waals surface area (Å²) in [5.74, 6) is 7.19. The number of aromatic nitrogens is 1. The highest BCUT2D eigenvalue weighted by molar-refractivity contribution is 5.58. The van der Waals surface area contributed by atoms with Gasteiger partial charge in [-0.3, -0.25) is 4.90 Å². The molecule has 24 heavy (non-hydrogen) atoms. The number of ether oxygens (including phenoxy) is 1. The maximum absolute atomic E-state index is 5.24. The van der Waals surface area contributed by atoms with Crippen LogP contribution in [0.3, 0.4) is 0 Å². The Balaban J connectivity index is 1.94. The number of aryl methyl sites for hydroxylation is 1. The first-order valence-corrected chi connectivity index (χ1v) is 9.30. The van der Waals surface area contributed by atoms with Gasteiger partial charge in [0.1, 0.15) is 0 Å². The monoisotopic (exact) mass is 326 g/mol. The van der Waals surface area contributed by atoms with Gasteiger partial charge in [0, 0.05) is 57.1 Å². The average molecular weight is 326 g/mol. The number of hydrogen-bond donors (Lipinski definition) is 0. The lowest BCUT2D eigenvalue weighted by molar-refractivity contribution is 0.190. The zero-order chi connectivity index (χ0) is 16.9. The molecule has 130 valence electrons. The largest absolute Gasteiger partial charge is 0.385 e. The van der Waals surface area contributed by atoms with E-state index in [0.29, 0.717) is 5.92 Å². The predicted molar refractivity (Wildman–Crippen MR) is 99.9 cm³/mol. The van der Waals surface area contributed by atoms with Crippen molar-refractivity contribution < 1.29 is 4.74 Å². The van der Waals surface area contributed by atoms with Crippen molar-refractivity contribution in [3.05, 3.63) is 29.1 Å². The molecular formula is C21H30N2O. The van der Waals surface area contributed by atoms with Crippen molar-refractivity contribution in [3.8, 4) is 11.8 Å². The Morgan fingerprint density at radius 1 is 1.38 bits per heavy atom. The Hall–Kier alpha value is -1.50. The molecule has 0 amide bonds. The maximum Gasteiger partial charge on any atom is 0.0479 e. The summed E-state index contributed by atoms with van der Waals surface area (Å²) in [6.45, 7) is 5.11. The van der Waals surface area contributed by atoms with Crippen LogP contribution in [0.15, 0.2) is 12.3 Å². The number of hydrogen-bond acceptors (Lipinski definition) is 2. The lowest BCUT2D eigenvalue weighted by Crippen LogP contribution is -2.20. The van der Waals surface area contributed by atoms with E-state index in [0.717, 1.165) is 45.0 Å². The van der Waals surface area contributed by atoms with Gasteiger partial charge >= 0.3 is 0 Å². The van der Waals surface area contributed by atoms with Crippen LogP contribution in [-0.2, 0) is 17.8 Å². The van der Waals surface area contributed by atoms with Crippen LogP contribution in [0.5, 0.6) is 0 Å². The third kappa shape index (κ3) is 3.94. The molecule has 2 aliphatic carbocycles. The van der Waals surface area contributed by atoms with Gasteiger partial charge in [-0.15, -0.1) is 0 Å². The zero-order valence-corrected chi connectivity index (χ0v) is 15.3. The van der Waals surface area contributed by atoms with Crippen LogP contribution in [0.2, 0.25) is 0 Å². The van der Waals surface area contributed by atoms with Gasteiger partial charge in [0.25, 0.3) is 0 Å². The predicted octanol–water partition coefficient (Wildman–Crippen LogP) is 4.03. The molecule has 3 rings (SSSR count). The van der Waals surface area contributed by atoms with Gasteiger partial charge in [0.15, 0.2) is 0 Å². The topological polar surface area (TPSA) is 17.4 Å². The standard InChI is InChI=1S/C21H30N2O/c1-4-17-9-6-5-7-10-20-21(17)18(15-22(2)19-11-12-19)16-23(20)13-8-14-24-3/h7,10,16-17,19H,4-5,8,11-15H2,1-3H3/b10-7-. The Labute approximate surface area is 146 Å². The minimum atomic E-state index is 0.358. The third-order valence-corrected chi connectivity index (χ3v) is 5.11. The summed E-state index contributed by atoms with van der Waals surface area (Å²) in [4.78, 5) is 2.51. The summed E-state index contributed by atoms with van der Waals surface area (Å²) in [7, 11) is 4.04. The fourth-order valence-corrected chi connectivity index (χ4v) is 3.63. The van der Waals surface area contributed by atoms with Gasteiger partial charge in [-0.25, -0.2) is 0 Å². The Bertz CT molecular complexity index is 643. The molecule has 0 radical (unpaired) electrons. The molecule has 1 saturated carbocycles. The van der Waals surface area contributed by atoms with Crippen molar-refractivity contribution in [1.82, 2.24) is 9.47 Å². The van der Waals surface area contributed by atoms with Gasteiger partial charge in [-0.2, -0.15) is 0 Å². The van der Waals surface area contributed by atoms with Crippen molar-refractivity contribution in [2.45, 2.75) is 64.1 Å². The van der Waals surface area contributed by atoms with Crippen molar-refractivity contribution in [3.63, 3.8) is 0 Å². The van der Waals surface area contributed by atoms with E-state index in [2.05, 4.69) is 53.6 Å². The summed E-state index contributed by atoms with van der Waals surface area (Å²) >= 11 is 0. The number of allylic oxidation sites excluding steroid dienone is 1. The second kappa shape index (κ2) is 8.05. The third-order valence-electron chi connectivity index (χ3n) is 5.11. The van der Waals surface area contributed by atoms with Crippen LogP contribution in [0, 0.1) is 11.8 Å². The molecule has 1 atom stereocenters. The zero-order valence-electron chi connectivity index (χ0n) is 15.3. The first-order valence-electron chi connectivity index (χ1n) is 9.30. The van der Waals surface area contributed by atoms with Crippen molar-refractivity contribution in [1.29, 1.82) is 0 Å². The summed E-state index contributed by atoms with van der Waals surface area (Å²) in [6.07, 6.45) is 12.6. The van der Waals surface area contributed by atoms with Crippen LogP contribution in [0.4, 0.5) is 0 Å². The highest BCUT2D eigenvalue weighted by Crippen LogP contribution is 2.34. The SMILES string of the molecule is CCC1C#CC/C=C\c2c1c(CN(C)C1CC1)cn2CCCOC. The number of nitrogens with zero attached hydrogens (tertiary/aromatic N) is 2. The van der Waals surface area contributed by atoms with Crippen molar-refractivity contribution in [2.24, 2.45) is 0 Å². The minimum absolute atomic E-state index is 0.358. The van der Waals surface area contributed by atoms with E-state index in [1.807, 2.05) is 0 Å². The molecule has 0 bridgehead atoms. The van der Waals surface area contributed by atoms with Crippen molar-refractivity contribution >= 4 is 6.08 Å². The molecule has 1 aromatic rings. The molecule has 1 fully saturated rings. The molecule has 1 aromatic heterocycles. The average Bonchev–Trinajstić information content (AvgIpc) is 3.34. The van der Waals surface area contributed by atoms with E-state index in [-0.39, 0.29) is 0 Å². The second-order valence-corrected chi connectivity index (χ2v) is 7.03. The number of rotatable bonds is 8. The van der Waals surface area contributed by atoms with Crippen LogP contribution < -0.4 is 0 Å². The fraction of sp³-hybridized carbons (Fsp3) is 0.619. The first kappa shape index (κ1) is 17.3. The van der Waals surface area contributed by atoms with Gasteiger partial charge < -0.3 is 9.30 Å². The molecule has 3 nitrogen and oxygen atoms in total. The summed E-state index contributed by atoms with van der Waals surface area (Å²) in [5.41, 5.74) is 4.29. The minimum Gasteiger partial charge on any atom is -0.385 e. The molecular weight excluding hydrogens is 296 g/mol. The second-order valence-electron chi connectivity index (χ2n) is 7.03. The van der Waals surface area contributed by atoms with E-state index in [1.165, 1.54) is 29.7 Å². The van der Waals surface area contributed by atoms with Crippen LogP contribution in [0.1, 0.15) is 61.8 Å². The molecule has 1 unspecified atom stereocenters. The first-order chi connectivity index (χ1) is 11.7. The molecule has 1 heterocycles. The van der Waals surface area contributed by atoms with E-state index >= 15 is 0 Å². The highest BCUT2D eigenvalue weighted by Gasteiger charge is 2.28.